The Morgan fingerprint density at radius 1 is 1.20 bits per heavy atom. The predicted molar refractivity (Wildman–Crippen MR) is 81.8 cm³/mol. The van der Waals surface area contributed by atoms with Gasteiger partial charge in [0.15, 0.2) is 0 Å². The van der Waals surface area contributed by atoms with E-state index in [0.717, 1.165) is 25.1 Å². The molecule has 2 aliphatic rings. The van der Waals surface area contributed by atoms with Crippen molar-refractivity contribution in [3.05, 3.63) is 18.0 Å². The summed E-state index contributed by atoms with van der Waals surface area (Å²) in [6.45, 7) is 4.29. The van der Waals surface area contributed by atoms with Crippen molar-refractivity contribution in [2.75, 3.05) is 11.4 Å². The summed E-state index contributed by atoms with van der Waals surface area (Å²) in [5, 5.41) is 3.51. The van der Waals surface area contributed by atoms with Crippen LogP contribution >= 0.6 is 0 Å². The molecule has 2 fully saturated rings. The SMILES string of the molecule is CCCC1CCCCN1c1ncc(CNC2CC2)cn1. The summed E-state index contributed by atoms with van der Waals surface area (Å²) >= 11 is 0. The fourth-order valence-corrected chi connectivity index (χ4v) is 3.03. The number of nitrogens with zero attached hydrogens (tertiary/aromatic N) is 3. The third-order valence-corrected chi connectivity index (χ3v) is 4.37. The molecule has 2 heterocycles. The Labute approximate surface area is 122 Å². The maximum Gasteiger partial charge on any atom is 0.225 e. The van der Waals surface area contributed by atoms with Gasteiger partial charge in [-0.15, -0.1) is 0 Å². The van der Waals surface area contributed by atoms with Crippen LogP contribution in [0.3, 0.4) is 0 Å². The fraction of sp³-hybridized carbons (Fsp3) is 0.750. The molecule has 20 heavy (non-hydrogen) atoms. The van der Waals surface area contributed by atoms with Crippen molar-refractivity contribution in [3.63, 3.8) is 0 Å². The fourth-order valence-electron chi connectivity index (χ4n) is 3.03. The van der Waals surface area contributed by atoms with Crippen LogP contribution in [0.5, 0.6) is 0 Å². The molecule has 0 radical (unpaired) electrons. The molecule has 1 aliphatic heterocycles. The van der Waals surface area contributed by atoms with E-state index in [2.05, 4.69) is 27.1 Å². The molecule has 0 aromatic carbocycles. The Bertz CT molecular complexity index is 411. The van der Waals surface area contributed by atoms with Crippen LogP contribution < -0.4 is 10.2 Å². The minimum Gasteiger partial charge on any atom is -0.338 e. The van der Waals surface area contributed by atoms with Crippen molar-refractivity contribution in [1.82, 2.24) is 15.3 Å². The Morgan fingerprint density at radius 3 is 2.70 bits per heavy atom. The summed E-state index contributed by atoms with van der Waals surface area (Å²) in [5.74, 6) is 0.929. The number of piperidine rings is 1. The average Bonchev–Trinajstić information content (AvgIpc) is 3.31. The van der Waals surface area contributed by atoms with Gasteiger partial charge >= 0.3 is 0 Å². The van der Waals surface area contributed by atoms with Gasteiger partial charge in [-0.2, -0.15) is 0 Å². The summed E-state index contributed by atoms with van der Waals surface area (Å²) in [5.41, 5.74) is 1.20. The molecule has 1 aliphatic carbocycles. The Balaban J connectivity index is 1.62. The minimum absolute atomic E-state index is 0.643. The van der Waals surface area contributed by atoms with Crippen LogP contribution in [-0.4, -0.2) is 28.6 Å². The van der Waals surface area contributed by atoms with E-state index in [9.17, 15) is 0 Å². The van der Waals surface area contributed by atoms with Crippen molar-refractivity contribution in [3.8, 4) is 0 Å². The average molecular weight is 274 g/mol. The monoisotopic (exact) mass is 274 g/mol. The molecule has 1 unspecified atom stereocenters. The van der Waals surface area contributed by atoms with Crippen molar-refractivity contribution in [2.24, 2.45) is 0 Å². The second kappa shape index (κ2) is 6.53. The molecule has 4 heteroatoms. The van der Waals surface area contributed by atoms with Gasteiger partial charge in [0, 0.05) is 43.1 Å². The first kappa shape index (κ1) is 13.8. The number of hydrogen-bond donors (Lipinski definition) is 1. The van der Waals surface area contributed by atoms with Crippen LogP contribution in [0.2, 0.25) is 0 Å². The molecular formula is C16H26N4. The second-order valence-corrected chi connectivity index (χ2v) is 6.18. The highest BCUT2D eigenvalue weighted by Gasteiger charge is 2.24. The molecule has 0 bridgehead atoms. The topological polar surface area (TPSA) is 41.1 Å². The zero-order valence-electron chi connectivity index (χ0n) is 12.5. The maximum absolute atomic E-state index is 4.61. The van der Waals surface area contributed by atoms with E-state index < -0.39 is 0 Å². The van der Waals surface area contributed by atoms with Gasteiger partial charge in [-0.05, 0) is 38.5 Å². The van der Waals surface area contributed by atoms with E-state index in [1.165, 1.54) is 50.5 Å². The lowest BCUT2D eigenvalue weighted by Crippen LogP contribution is -2.40. The van der Waals surface area contributed by atoms with Gasteiger partial charge in [0.2, 0.25) is 5.95 Å². The van der Waals surface area contributed by atoms with E-state index in [4.69, 9.17) is 0 Å². The zero-order chi connectivity index (χ0) is 13.8. The van der Waals surface area contributed by atoms with E-state index >= 15 is 0 Å². The maximum atomic E-state index is 4.61. The number of anilines is 1. The smallest absolute Gasteiger partial charge is 0.225 e. The predicted octanol–water partition coefficient (Wildman–Crippen LogP) is 2.89. The van der Waals surface area contributed by atoms with Crippen molar-refractivity contribution in [1.29, 1.82) is 0 Å². The molecule has 0 amide bonds. The molecule has 1 saturated carbocycles. The number of nitrogens with one attached hydrogen (secondary N) is 1. The highest BCUT2D eigenvalue weighted by atomic mass is 15.3. The molecule has 1 atom stereocenters. The third kappa shape index (κ3) is 3.48. The summed E-state index contributed by atoms with van der Waals surface area (Å²) < 4.78 is 0. The van der Waals surface area contributed by atoms with E-state index in [1.807, 2.05) is 12.4 Å². The van der Waals surface area contributed by atoms with Crippen LogP contribution in [0.15, 0.2) is 12.4 Å². The summed E-state index contributed by atoms with van der Waals surface area (Å²) in [6, 6.07) is 1.38. The van der Waals surface area contributed by atoms with Gasteiger partial charge in [0.05, 0.1) is 0 Å². The lowest BCUT2D eigenvalue weighted by Gasteiger charge is -2.35. The van der Waals surface area contributed by atoms with E-state index in [0.29, 0.717) is 6.04 Å². The molecule has 1 aromatic heterocycles. The normalized spacial score (nSPS) is 23.1. The van der Waals surface area contributed by atoms with Crippen LogP contribution in [0, 0.1) is 0 Å². The molecule has 1 aromatic rings. The van der Waals surface area contributed by atoms with E-state index in [-0.39, 0.29) is 0 Å². The highest BCUT2D eigenvalue weighted by Crippen LogP contribution is 2.24. The first-order chi connectivity index (χ1) is 9.86. The van der Waals surface area contributed by atoms with Crippen molar-refractivity contribution >= 4 is 5.95 Å². The molecule has 1 saturated heterocycles. The van der Waals surface area contributed by atoms with Crippen LogP contribution in [0.1, 0.15) is 57.4 Å². The molecule has 0 spiro atoms. The van der Waals surface area contributed by atoms with E-state index in [1.54, 1.807) is 0 Å². The van der Waals surface area contributed by atoms with Gasteiger partial charge in [0.1, 0.15) is 0 Å². The van der Waals surface area contributed by atoms with Gasteiger partial charge in [-0.1, -0.05) is 13.3 Å². The quantitative estimate of drug-likeness (QED) is 0.866. The van der Waals surface area contributed by atoms with Crippen LogP contribution in [0.25, 0.3) is 0 Å². The molecule has 1 N–H and O–H groups in total. The standard InChI is InChI=1S/C16H26N4/c1-2-5-15-6-3-4-9-20(15)16-18-11-13(12-19-16)10-17-14-7-8-14/h11-12,14-15,17H,2-10H2,1H3. The summed E-state index contributed by atoms with van der Waals surface area (Å²) in [4.78, 5) is 11.6. The van der Waals surface area contributed by atoms with Gasteiger partial charge in [0.25, 0.3) is 0 Å². The Morgan fingerprint density at radius 2 is 2.00 bits per heavy atom. The largest absolute Gasteiger partial charge is 0.338 e. The highest BCUT2D eigenvalue weighted by molar-refractivity contribution is 5.32. The van der Waals surface area contributed by atoms with Gasteiger partial charge in [-0.3, -0.25) is 0 Å². The zero-order valence-corrected chi connectivity index (χ0v) is 12.5. The number of hydrogen-bond acceptors (Lipinski definition) is 4. The first-order valence-electron chi connectivity index (χ1n) is 8.17. The van der Waals surface area contributed by atoms with Gasteiger partial charge in [-0.25, -0.2) is 9.97 Å². The summed E-state index contributed by atoms with van der Waals surface area (Å²) in [7, 11) is 0. The minimum atomic E-state index is 0.643. The third-order valence-electron chi connectivity index (χ3n) is 4.37. The Kier molecular flexibility index (Phi) is 4.51. The lowest BCUT2D eigenvalue weighted by molar-refractivity contribution is 0.428. The van der Waals surface area contributed by atoms with Crippen molar-refractivity contribution < 1.29 is 0 Å². The van der Waals surface area contributed by atoms with Crippen LogP contribution in [-0.2, 0) is 6.54 Å². The number of aromatic nitrogens is 2. The van der Waals surface area contributed by atoms with Crippen molar-refractivity contribution in [2.45, 2.75) is 70.5 Å². The van der Waals surface area contributed by atoms with Gasteiger partial charge < -0.3 is 10.2 Å². The molecule has 4 nitrogen and oxygen atoms in total. The lowest BCUT2D eigenvalue weighted by atomic mass is 9.99. The summed E-state index contributed by atoms with van der Waals surface area (Å²) in [6.07, 6.45) is 13.1. The molecule has 110 valence electrons. The first-order valence-corrected chi connectivity index (χ1v) is 8.17. The number of rotatable bonds is 6. The Hall–Kier alpha value is -1.16. The van der Waals surface area contributed by atoms with Crippen LogP contribution in [0.4, 0.5) is 5.95 Å². The second-order valence-electron chi connectivity index (χ2n) is 6.18. The molecule has 3 rings (SSSR count). The molecular weight excluding hydrogens is 248 g/mol.